The number of aliphatic hydroxyl groups is 1. The van der Waals surface area contributed by atoms with Crippen molar-refractivity contribution in [3.8, 4) is 0 Å². The summed E-state index contributed by atoms with van der Waals surface area (Å²) in [5, 5.41) is 10.7. The first-order valence-electron chi connectivity index (χ1n) is 7.67. The molecule has 0 spiro atoms. The number of hydrogen-bond donors (Lipinski definition) is 1. The molecule has 3 rings (SSSR count). The van der Waals surface area contributed by atoms with Crippen LogP contribution in [0.2, 0.25) is 0 Å². The largest absolute Gasteiger partial charge is 0.389 e. The number of hydrogen-bond acceptors (Lipinski definition) is 2. The first-order chi connectivity index (χ1) is 9.58. The normalized spacial score (nSPS) is 29.9. The van der Waals surface area contributed by atoms with E-state index in [0.29, 0.717) is 13.1 Å². The molecule has 20 heavy (non-hydrogen) atoms. The van der Waals surface area contributed by atoms with Crippen LogP contribution in [0, 0.1) is 12.8 Å². The van der Waals surface area contributed by atoms with Crippen LogP contribution in [-0.2, 0) is 0 Å². The van der Waals surface area contributed by atoms with E-state index < -0.39 is 5.60 Å². The van der Waals surface area contributed by atoms with Gasteiger partial charge in [0.25, 0.3) is 5.91 Å². The Kier molecular flexibility index (Phi) is 3.55. The van der Waals surface area contributed by atoms with Crippen molar-refractivity contribution in [3.63, 3.8) is 0 Å². The number of piperidine rings is 1. The zero-order chi connectivity index (χ0) is 14.2. The highest BCUT2D eigenvalue weighted by atomic mass is 16.3. The third-order valence-corrected chi connectivity index (χ3v) is 4.98. The lowest BCUT2D eigenvalue weighted by Gasteiger charge is -2.47. The summed E-state index contributed by atoms with van der Waals surface area (Å²) in [6.07, 6.45) is 4.99. The molecule has 1 saturated heterocycles. The fourth-order valence-corrected chi connectivity index (χ4v) is 3.72. The van der Waals surface area contributed by atoms with Gasteiger partial charge in [-0.3, -0.25) is 4.79 Å². The molecule has 1 saturated carbocycles. The molecule has 1 amide bonds. The molecular weight excluding hydrogens is 250 g/mol. The lowest BCUT2D eigenvalue weighted by molar-refractivity contribution is -0.0886. The van der Waals surface area contributed by atoms with Crippen molar-refractivity contribution >= 4 is 5.91 Å². The summed E-state index contributed by atoms with van der Waals surface area (Å²) in [4.78, 5) is 14.5. The predicted molar refractivity (Wildman–Crippen MR) is 78.6 cm³/mol. The van der Waals surface area contributed by atoms with Crippen LogP contribution in [0.25, 0.3) is 0 Å². The van der Waals surface area contributed by atoms with Gasteiger partial charge in [0, 0.05) is 24.6 Å². The number of benzene rings is 1. The Balaban J connectivity index is 1.74. The highest BCUT2D eigenvalue weighted by Gasteiger charge is 2.43. The van der Waals surface area contributed by atoms with Gasteiger partial charge in [0.05, 0.1) is 5.60 Å². The number of aryl methyl sites for hydroxylation is 1. The van der Waals surface area contributed by atoms with E-state index in [1.54, 1.807) is 0 Å². The van der Waals surface area contributed by atoms with Gasteiger partial charge in [0.2, 0.25) is 0 Å². The minimum Gasteiger partial charge on any atom is -0.389 e. The summed E-state index contributed by atoms with van der Waals surface area (Å²) in [7, 11) is 0. The van der Waals surface area contributed by atoms with Crippen molar-refractivity contribution in [2.45, 2.75) is 44.6 Å². The summed E-state index contributed by atoms with van der Waals surface area (Å²) < 4.78 is 0. The standard InChI is InChI=1S/C17H23NO2/c1-13-5-4-6-14(11-13)16(19)18-10-9-17(20)8-3-2-7-15(17)12-18/h4-6,11,15,20H,2-3,7-10,12H2,1H3. The van der Waals surface area contributed by atoms with Crippen LogP contribution in [0.1, 0.15) is 48.0 Å². The molecule has 2 fully saturated rings. The third-order valence-electron chi connectivity index (χ3n) is 4.98. The van der Waals surface area contributed by atoms with Crippen LogP contribution in [-0.4, -0.2) is 34.6 Å². The van der Waals surface area contributed by atoms with Crippen molar-refractivity contribution < 1.29 is 9.90 Å². The van der Waals surface area contributed by atoms with Crippen molar-refractivity contribution in [2.24, 2.45) is 5.92 Å². The van der Waals surface area contributed by atoms with Gasteiger partial charge in [-0.1, -0.05) is 30.5 Å². The van der Waals surface area contributed by atoms with Gasteiger partial charge in [-0.2, -0.15) is 0 Å². The van der Waals surface area contributed by atoms with Crippen LogP contribution in [0.15, 0.2) is 24.3 Å². The molecule has 0 bridgehead atoms. The predicted octanol–water partition coefficient (Wildman–Crippen LogP) is 2.76. The Morgan fingerprint density at radius 2 is 2.20 bits per heavy atom. The van der Waals surface area contributed by atoms with E-state index in [9.17, 15) is 9.90 Å². The molecule has 3 heteroatoms. The van der Waals surface area contributed by atoms with E-state index in [1.165, 1.54) is 6.42 Å². The molecule has 2 atom stereocenters. The van der Waals surface area contributed by atoms with E-state index in [-0.39, 0.29) is 11.8 Å². The highest BCUT2D eigenvalue weighted by Crippen LogP contribution is 2.40. The van der Waals surface area contributed by atoms with E-state index in [2.05, 4.69) is 0 Å². The number of nitrogens with zero attached hydrogens (tertiary/aromatic N) is 1. The summed E-state index contributed by atoms with van der Waals surface area (Å²) >= 11 is 0. The van der Waals surface area contributed by atoms with Gasteiger partial charge in [-0.15, -0.1) is 0 Å². The molecular formula is C17H23NO2. The average molecular weight is 273 g/mol. The SMILES string of the molecule is Cc1cccc(C(=O)N2CCC3(O)CCCCC3C2)c1. The molecule has 1 aromatic carbocycles. The zero-order valence-electron chi connectivity index (χ0n) is 12.1. The molecule has 1 heterocycles. The van der Waals surface area contributed by atoms with Gasteiger partial charge >= 0.3 is 0 Å². The van der Waals surface area contributed by atoms with Crippen molar-refractivity contribution in [2.75, 3.05) is 13.1 Å². The molecule has 1 aromatic rings. The van der Waals surface area contributed by atoms with E-state index in [0.717, 1.165) is 36.8 Å². The van der Waals surface area contributed by atoms with E-state index in [4.69, 9.17) is 0 Å². The van der Waals surface area contributed by atoms with Crippen LogP contribution in [0.4, 0.5) is 0 Å². The first kappa shape index (κ1) is 13.6. The number of fused-ring (bicyclic) bond motifs is 1. The van der Waals surface area contributed by atoms with Crippen LogP contribution < -0.4 is 0 Å². The minimum atomic E-state index is -0.512. The minimum absolute atomic E-state index is 0.112. The lowest BCUT2D eigenvalue weighted by Crippen LogP contribution is -2.54. The average Bonchev–Trinajstić information content (AvgIpc) is 2.45. The summed E-state index contributed by atoms with van der Waals surface area (Å²) in [6.45, 7) is 3.40. The van der Waals surface area contributed by atoms with Crippen molar-refractivity contribution in [1.82, 2.24) is 4.90 Å². The molecule has 2 aliphatic rings. The van der Waals surface area contributed by atoms with Gasteiger partial charge in [0.15, 0.2) is 0 Å². The smallest absolute Gasteiger partial charge is 0.253 e. The Hall–Kier alpha value is -1.35. The van der Waals surface area contributed by atoms with Gasteiger partial charge in [0.1, 0.15) is 0 Å². The number of likely N-dealkylation sites (tertiary alicyclic amines) is 1. The second-order valence-electron chi connectivity index (χ2n) is 6.42. The van der Waals surface area contributed by atoms with Crippen LogP contribution in [0.3, 0.4) is 0 Å². The second-order valence-corrected chi connectivity index (χ2v) is 6.42. The van der Waals surface area contributed by atoms with Crippen LogP contribution in [0.5, 0.6) is 0 Å². The number of carbonyl (C=O) groups excluding carboxylic acids is 1. The Morgan fingerprint density at radius 3 is 3.00 bits per heavy atom. The molecule has 108 valence electrons. The maximum Gasteiger partial charge on any atom is 0.253 e. The molecule has 1 aliphatic heterocycles. The molecule has 1 N–H and O–H groups in total. The molecule has 3 nitrogen and oxygen atoms in total. The topological polar surface area (TPSA) is 40.5 Å². The molecule has 2 unspecified atom stereocenters. The van der Waals surface area contributed by atoms with Crippen molar-refractivity contribution in [1.29, 1.82) is 0 Å². The summed E-state index contributed by atoms with van der Waals surface area (Å²) in [6, 6.07) is 7.78. The fourth-order valence-electron chi connectivity index (χ4n) is 3.72. The maximum absolute atomic E-state index is 12.6. The van der Waals surface area contributed by atoms with E-state index in [1.807, 2.05) is 36.1 Å². The number of rotatable bonds is 1. The molecule has 0 radical (unpaired) electrons. The van der Waals surface area contributed by atoms with Crippen LogP contribution >= 0.6 is 0 Å². The monoisotopic (exact) mass is 273 g/mol. The van der Waals surface area contributed by atoms with Gasteiger partial charge in [-0.05, 0) is 38.3 Å². The second kappa shape index (κ2) is 5.21. The Labute approximate surface area is 120 Å². The van der Waals surface area contributed by atoms with E-state index >= 15 is 0 Å². The molecule has 0 aromatic heterocycles. The first-order valence-corrected chi connectivity index (χ1v) is 7.67. The highest BCUT2D eigenvalue weighted by molar-refractivity contribution is 5.94. The van der Waals surface area contributed by atoms with Gasteiger partial charge in [-0.25, -0.2) is 0 Å². The lowest BCUT2D eigenvalue weighted by atomic mass is 9.71. The number of amides is 1. The fraction of sp³-hybridized carbons (Fsp3) is 0.588. The Morgan fingerprint density at radius 1 is 1.35 bits per heavy atom. The zero-order valence-corrected chi connectivity index (χ0v) is 12.1. The summed E-state index contributed by atoms with van der Waals surface area (Å²) in [5.74, 6) is 0.375. The van der Waals surface area contributed by atoms with Gasteiger partial charge < -0.3 is 10.0 Å². The van der Waals surface area contributed by atoms with Crippen molar-refractivity contribution in [3.05, 3.63) is 35.4 Å². The maximum atomic E-state index is 12.6. The summed E-state index contributed by atoms with van der Waals surface area (Å²) in [5.41, 5.74) is 1.37. The quantitative estimate of drug-likeness (QED) is 0.854. The number of carbonyl (C=O) groups is 1. The Bertz CT molecular complexity index is 513. The third kappa shape index (κ3) is 2.47. The molecule has 1 aliphatic carbocycles.